The first-order valence-corrected chi connectivity index (χ1v) is 10.7. The minimum absolute atomic E-state index is 0.0293. The Morgan fingerprint density at radius 3 is 2.30 bits per heavy atom. The number of nitrogens with one attached hydrogen (secondary N) is 2. The van der Waals surface area contributed by atoms with Gasteiger partial charge in [-0.2, -0.15) is 0 Å². The maximum atomic E-state index is 14.0. The van der Waals surface area contributed by atoms with E-state index < -0.39 is 33.5 Å². The molecule has 4 N–H and O–H groups in total. The lowest BCUT2D eigenvalue weighted by molar-refractivity contribution is -0.119. The Balaban J connectivity index is 2.31. The molecule has 7 nitrogen and oxygen atoms in total. The van der Waals surface area contributed by atoms with E-state index in [9.17, 15) is 22.4 Å². The molecule has 1 aromatic heterocycles. The van der Waals surface area contributed by atoms with E-state index in [4.69, 9.17) is 17.3 Å². The van der Waals surface area contributed by atoms with E-state index in [1.165, 1.54) is 19.1 Å². The van der Waals surface area contributed by atoms with Crippen LogP contribution in [-0.4, -0.2) is 31.3 Å². The van der Waals surface area contributed by atoms with Crippen molar-refractivity contribution in [3.05, 3.63) is 58.0 Å². The fraction of sp³-hybridized carbons (Fsp3) is 0.200. The van der Waals surface area contributed by atoms with Gasteiger partial charge in [0.15, 0.2) is 0 Å². The van der Waals surface area contributed by atoms with Crippen molar-refractivity contribution in [2.24, 2.45) is 5.73 Å². The zero-order chi connectivity index (χ0) is 22.4. The van der Waals surface area contributed by atoms with Gasteiger partial charge in [-0.25, -0.2) is 12.8 Å². The number of fused-ring (bicyclic) bond motifs is 1. The van der Waals surface area contributed by atoms with Crippen LogP contribution in [0.3, 0.4) is 0 Å². The third kappa shape index (κ3) is 3.90. The highest BCUT2D eigenvalue weighted by molar-refractivity contribution is 7.91. The van der Waals surface area contributed by atoms with Gasteiger partial charge in [-0.05, 0) is 56.2 Å². The number of rotatable bonds is 5. The molecular weight excluding hydrogens is 433 g/mol. The zero-order valence-corrected chi connectivity index (χ0v) is 17.9. The highest BCUT2D eigenvalue weighted by Gasteiger charge is 2.31. The molecule has 1 atom stereocenters. The molecule has 0 saturated carbocycles. The van der Waals surface area contributed by atoms with Gasteiger partial charge in [0.25, 0.3) is 5.91 Å². The summed E-state index contributed by atoms with van der Waals surface area (Å²) in [6.07, 6.45) is 0. The van der Waals surface area contributed by atoms with E-state index in [2.05, 4.69) is 10.3 Å². The molecule has 0 radical (unpaired) electrons. The Hall–Kier alpha value is -2.91. The van der Waals surface area contributed by atoms with Crippen LogP contribution in [0.2, 0.25) is 5.02 Å². The lowest BCUT2D eigenvalue weighted by Crippen LogP contribution is -2.42. The molecule has 30 heavy (non-hydrogen) atoms. The molecule has 1 heterocycles. The third-order valence-corrected chi connectivity index (χ3v) is 6.67. The van der Waals surface area contributed by atoms with Crippen LogP contribution in [0.5, 0.6) is 0 Å². The first-order valence-electron chi connectivity index (χ1n) is 8.86. The number of carbonyl (C=O) groups excluding carboxylic acids is 2. The largest absolute Gasteiger partial charge is 0.368 e. The summed E-state index contributed by atoms with van der Waals surface area (Å²) in [4.78, 5) is 26.4. The number of hydrogen-bond acceptors (Lipinski definition) is 4. The van der Waals surface area contributed by atoms with Crippen molar-refractivity contribution in [2.45, 2.75) is 36.6 Å². The Labute approximate surface area is 177 Å². The summed E-state index contributed by atoms with van der Waals surface area (Å²) >= 11 is 5.88. The molecule has 158 valence electrons. The second kappa shape index (κ2) is 7.73. The fourth-order valence-corrected chi connectivity index (χ4v) is 5.10. The van der Waals surface area contributed by atoms with Gasteiger partial charge in [0.2, 0.25) is 15.7 Å². The van der Waals surface area contributed by atoms with Crippen molar-refractivity contribution in [3.63, 3.8) is 0 Å². The summed E-state index contributed by atoms with van der Waals surface area (Å²) < 4.78 is 41.0. The minimum atomic E-state index is -4.22. The number of benzene rings is 2. The summed E-state index contributed by atoms with van der Waals surface area (Å²) in [5.74, 6) is -2.46. The topological polar surface area (TPSA) is 122 Å². The van der Waals surface area contributed by atoms with Crippen LogP contribution in [0.15, 0.2) is 40.1 Å². The van der Waals surface area contributed by atoms with E-state index in [-0.39, 0.29) is 31.4 Å². The number of aromatic nitrogens is 1. The van der Waals surface area contributed by atoms with Crippen molar-refractivity contribution in [2.75, 3.05) is 0 Å². The SMILES string of the molecule is Cc1cc(C)cc(S(=O)(=O)c2c(C(=O)NC(C)C(N)=O)[nH]c3cc(F)c(Cl)cc23)c1. The van der Waals surface area contributed by atoms with Gasteiger partial charge >= 0.3 is 0 Å². The monoisotopic (exact) mass is 451 g/mol. The molecule has 10 heteroatoms. The van der Waals surface area contributed by atoms with Crippen LogP contribution in [0.25, 0.3) is 10.9 Å². The lowest BCUT2D eigenvalue weighted by atomic mass is 10.2. The summed E-state index contributed by atoms with van der Waals surface area (Å²) in [7, 11) is -4.22. The van der Waals surface area contributed by atoms with Crippen molar-refractivity contribution in [1.29, 1.82) is 0 Å². The molecule has 3 aromatic rings. The maximum absolute atomic E-state index is 14.0. The van der Waals surface area contributed by atoms with Crippen LogP contribution in [0, 0.1) is 19.7 Å². The van der Waals surface area contributed by atoms with Crippen LogP contribution in [0.4, 0.5) is 4.39 Å². The quantitative estimate of drug-likeness (QED) is 0.551. The predicted molar refractivity (Wildman–Crippen MR) is 111 cm³/mol. The van der Waals surface area contributed by atoms with Crippen LogP contribution >= 0.6 is 11.6 Å². The van der Waals surface area contributed by atoms with Crippen molar-refractivity contribution in [3.8, 4) is 0 Å². The average molecular weight is 452 g/mol. The molecular formula is C20H19ClFN3O4S. The Bertz CT molecular complexity index is 1280. The predicted octanol–water partition coefficient (Wildman–Crippen LogP) is 3.01. The summed E-state index contributed by atoms with van der Waals surface area (Å²) in [6.45, 7) is 4.85. The number of aryl methyl sites for hydroxylation is 2. The standard InChI is InChI=1S/C20H19ClFN3O4S/c1-9-4-10(2)6-12(5-9)30(28,29)18-13-7-14(21)15(22)8-16(13)25-17(18)20(27)24-11(3)19(23)26/h4-8,11,25H,1-3H3,(H2,23,26)(H,24,27). The van der Waals surface area contributed by atoms with Crippen LogP contribution in [-0.2, 0) is 14.6 Å². The Morgan fingerprint density at radius 2 is 1.73 bits per heavy atom. The second-order valence-corrected chi connectivity index (χ2v) is 9.36. The third-order valence-electron chi connectivity index (χ3n) is 4.57. The van der Waals surface area contributed by atoms with E-state index in [1.54, 1.807) is 13.8 Å². The summed E-state index contributed by atoms with van der Waals surface area (Å²) in [5.41, 5.74) is 6.32. The molecule has 0 bridgehead atoms. The van der Waals surface area contributed by atoms with Gasteiger partial charge in [0, 0.05) is 5.39 Å². The second-order valence-electron chi connectivity index (χ2n) is 7.07. The highest BCUT2D eigenvalue weighted by atomic mass is 35.5. The molecule has 0 aliphatic rings. The molecule has 2 aromatic carbocycles. The van der Waals surface area contributed by atoms with E-state index >= 15 is 0 Å². The number of hydrogen-bond donors (Lipinski definition) is 3. The number of nitrogens with two attached hydrogens (primary N) is 1. The zero-order valence-electron chi connectivity index (χ0n) is 16.3. The van der Waals surface area contributed by atoms with E-state index in [0.29, 0.717) is 11.1 Å². The molecule has 3 rings (SSSR count). The summed E-state index contributed by atoms with van der Waals surface area (Å²) in [5, 5.41) is 2.09. The fourth-order valence-electron chi connectivity index (χ4n) is 3.15. The first-order chi connectivity index (χ1) is 13.9. The number of amides is 2. The molecule has 2 amide bonds. The maximum Gasteiger partial charge on any atom is 0.269 e. The molecule has 0 aliphatic carbocycles. The van der Waals surface area contributed by atoms with Gasteiger partial charge in [-0.15, -0.1) is 0 Å². The van der Waals surface area contributed by atoms with Crippen molar-refractivity contribution in [1.82, 2.24) is 10.3 Å². The number of carbonyl (C=O) groups is 2. The normalized spacial score (nSPS) is 12.7. The van der Waals surface area contributed by atoms with Gasteiger partial charge in [0.1, 0.15) is 22.4 Å². The lowest BCUT2D eigenvalue weighted by Gasteiger charge is -2.12. The average Bonchev–Trinajstić information content (AvgIpc) is 3.00. The highest BCUT2D eigenvalue weighted by Crippen LogP contribution is 2.35. The molecule has 0 fully saturated rings. The first kappa shape index (κ1) is 21.8. The number of primary amides is 1. The number of sulfone groups is 1. The van der Waals surface area contributed by atoms with Crippen molar-refractivity contribution < 1.29 is 22.4 Å². The van der Waals surface area contributed by atoms with E-state index in [1.807, 2.05) is 6.07 Å². The summed E-state index contributed by atoms with van der Waals surface area (Å²) in [6, 6.07) is 5.85. The van der Waals surface area contributed by atoms with Crippen molar-refractivity contribution >= 4 is 44.2 Å². The smallest absolute Gasteiger partial charge is 0.269 e. The van der Waals surface area contributed by atoms with Gasteiger partial charge < -0.3 is 16.0 Å². The van der Waals surface area contributed by atoms with Gasteiger partial charge in [-0.3, -0.25) is 9.59 Å². The molecule has 0 spiro atoms. The Kier molecular flexibility index (Phi) is 5.62. The number of aromatic amines is 1. The molecule has 1 unspecified atom stereocenters. The molecule has 0 saturated heterocycles. The van der Waals surface area contributed by atoms with Crippen LogP contribution in [0.1, 0.15) is 28.5 Å². The van der Waals surface area contributed by atoms with E-state index in [0.717, 1.165) is 12.1 Å². The Morgan fingerprint density at radius 1 is 1.13 bits per heavy atom. The number of halogens is 2. The molecule has 0 aliphatic heterocycles. The van der Waals surface area contributed by atoms with Crippen LogP contribution < -0.4 is 11.1 Å². The minimum Gasteiger partial charge on any atom is -0.368 e. The van der Waals surface area contributed by atoms with Gasteiger partial charge in [-0.1, -0.05) is 17.7 Å². The van der Waals surface area contributed by atoms with Gasteiger partial charge in [0.05, 0.1) is 15.4 Å². The number of H-pyrrole nitrogens is 1.